The molecule has 1 aromatic carbocycles. The van der Waals surface area contributed by atoms with Crippen molar-refractivity contribution in [3.8, 4) is 6.07 Å². The van der Waals surface area contributed by atoms with Crippen LogP contribution in [0, 0.1) is 17.1 Å². The smallest absolute Gasteiger partial charge is 0.407 e. The maximum absolute atomic E-state index is 13.2. The number of rotatable bonds is 2. The third kappa shape index (κ3) is 3.58. The Balaban J connectivity index is 2.08. The summed E-state index contributed by atoms with van der Waals surface area (Å²) in [6.07, 6.45) is 2.83. The Bertz CT molecular complexity index is 614. The zero-order valence-corrected chi connectivity index (χ0v) is 11.3. The van der Waals surface area contributed by atoms with Gasteiger partial charge in [0.25, 0.3) is 0 Å². The number of carbonyl (C=O) groups is 1. The number of nitrogens with zero attached hydrogens (tertiary/aromatic N) is 2. The highest BCUT2D eigenvalue weighted by Gasteiger charge is 2.31. The van der Waals surface area contributed by atoms with Gasteiger partial charge in [-0.25, -0.2) is 9.18 Å². The average molecular weight is 290 g/mol. The van der Waals surface area contributed by atoms with Gasteiger partial charge in [0.1, 0.15) is 11.9 Å². The maximum Gasteiger partial charge on any atom is 0.407 e. The van der Waals surface area contributed by atoms with E-state index in [1.165, 1.54) is 23.1 Å². The van der Waals surface area contributed by atoms with Crippen molar-refractivity contribution in [2.24, 2.45) is 0 Å². The molecule has 1 fully saturated rings. The van der Waals surface area contributed by atoms with Gasteiger partial charge in [-0.3, -0.25) is 0 Å². The number of hydrogen-bond donors (Lipinski definition) is 2. The van der Waals surface area contributed by atoms with Gasteiger partial charge in [-0.1, -0.05) is 18.2 Å². The molecule has 1 aliphatic heterocycles. The Morgan fingerprint density at radius 1 is 1.43 bits per heavy atom. The number of aliphatic hydroxyl groups is 1. The first-order chi connectivity index (χ1) is 9.93. The quantitative estimate of drug-likeness (QED) is 0.874. The molecule has 1 amide bonds. The molecule has 1 heterocycles. The number of hydrogen-bond acceptors (Lipinski definition) is 3. The molecule has 0 unspecified atom stereocenters. The van der Waals surface area contributed by atoms with Crippen LogP contribution in [0.15, 0.2) is 24.3 Å². The second kappa shape index (κ2) is 5.94. The summed E-state index contributed by atoms with van der Waals surface area (Å²) in [5.41, 5.74) is -0.514. The van der Waals surface area contributed by atoms with Gasteiger partial charge in [0.05, 0.1) is 11.2 Å². The number of likely N-dealkylation sites (tertiary alicyclic amines) is 1. The van der Waals surface area contributed by atoms with E-state index in [-0.39, 0.29) is 18.7 Å². The molecule has 110 valence electrons. The molecule has 1 aromatic rings. The summed E-state index contributed by atoms with van der Waals surface area (Å²) in [5.74, 6) is -0.580. The topological polar surface area (TPSA) is 84.6 Å². The molecular weight excluding hydrogens is 275 g/mol. The lowest BCUT2D eigenvalue weighted by atomic mass is 9.90. The van der Waals surface area contributed by atoms with Crippen molar-refractivity contribution in [2.45, 2.75) is 18.4 Å². The Labute approximate surface area is 121 Å². The number of halogens is 1. The molecule has 0 aliphatic carbocycles. The van der Waals surface area contributed by atoms with E-state index in [0.29, 0.717) is 18.4 Å². The normalized spacial score (nSPS) is 17.7. The van der Waals surface area contributed by atoms with E-state index < -0.39 is 17.5 Å². The second-order valence-corrected chi connectivity index (χ2v) is 5.06. The summed E-state index contributed by atoms with van der Waals surface area (Å²) in [6, 6.07) is 5.88. The first-order valence-corrected chi connectivity index (χ1v) is 6.53. The molecule has 2 rings (SSSR count). The molecule has 0 radical (unpaired) electrons. The largest absolute Gasteiger partial charge is 0.465 e. The zero-order chi connectivity index (χ0) is 15.5. The van der Waals surface area contributed by atoms with Crippen molar-refractivity contribution in [3.63, 3.8) is 0 Å². The minimum Gasteiger partial charge on any atom is -0.465 e. The molecular formula is C15H15FN2O3. The summed E-state index contributed by atoms with van der Waals surface area (Å²) >= 11 is 0. The highest BCUT2D eigenvalue weighted by Crippen LogP contribution is 2.25. The van der Waals surface area contributed by atoms with Crippen LogP contribution in [0.4, 0.5) is 9.18 Å². The van der Waals surface area contributed by atoms with Crippen LogP contribution < -0.4 is 0 Å². The van der Waals surface area contributed by atoms with Crippen LogP contribution in [0.2, 0.25) is 0 Å². The number of nitriles is 1. The molecule has 0 atom stereocenters. The van der Waals surface area contributed by atoms with Crippen LogP contribution in [0.25, 0.3) is 6.08 Å². The Hall–Kier alpha value is -2.39. The van der Waals surface area contributed by atoms with E-state index in [0.717, 1.165) is 0 Å². The molecule has 0 bridgehead atoms. The first kappa shape index (κ1) is 15.0. The van der Waals surface area contributed by atoms with Crippen LogP contribution in [-0.4, -0.2) is 39.9 Å². The number of benzene rings is 1. The lowest BCUT2D eigenvalue weighted by molar-refractivity contribution is 0.0227. The summed E-state index contributed by atoms with van der Waals surface area (Å²) in [7, 11) is 0. The van der Waals surface area contributed by atoms with Crippen LogP contribution in [0.1, 0.15) is 24.0 Å². The fourth-order valence-corrected chi connectivity index (χ4v) is 2.24. The van der Waals surface area contributed by atoms with Crippen LogP contribution >= 0.6 is 0 Å². The Morgan fingerprint density at radius 3 is 2.67 bits per heavy atom. The minimum atomic E-state index is -1.08. The maximum atomic E-state index is 13.2. The predicted octanol–water partition coefficient (Wildman–Crippen LogP) is 2.22. The molecule has 2 N–H and O–H groups in total. The van der Waals surface area contributed by atoms with Gasteiger partial charge in [-0.15, -0.1) is 0 Å². The molecule has 0 saturated carbocycles. The SMILES string of the molecule is N#Cc1cc(/C=C/C2(O)CCN(C(=O)O)CC2)ccc1F. The van der Waals surface area contributed by atoms with Gasteiger partial charge in [-0.05, 0) is 30.5 Å². The molecule has 21 heavy (non-hydrogen) atoms. The monoisotopic (exact) mass is 290 g/mol. The van der Waals surface area contributed by atoms with E-state index >= 15 is 0 Å². The predicted molar refractivity (Wildman–Crippen MR) is 73.9 cm³/mol. The molecule has 6 heteroatoms. The van der Waals surface area contributed by atoms with Gasteiger partial charge in [0, 0.05) is 13.1 Å². The molecule has 1 aliphatic rings. The summed E-state index contributed by atoms with van der Waals surface area (Å²) < 4.78 is 13.2. The first-order valence-electron chi connectivity index (χ1n) is 6.53. The van der Waals surface area contributed by atoms with E-state index in [9.17, 15) is 14.3 Å². The molecule has 0 aromatic heterocycles. The van der Waals surface area contributed by atoms with E-state index in [4.69, 9.17) is 10.4 Å². The Kier molecular flexibility index (Phi) is 4.24. The van der Waals surface area contributed by atoms with Crippen LogP contribution in [-0.2, 0) is 0 Å². The van der Waals surface area contributed by atoms with Gasteiger partial charge in [0.2, 0.25) is 0 Å². The average Bonchev–Trinajstić information content (AvgIpc) is 2.47. The van der Waals surface area contributed by atoms with E-state index in [1.54, 1.807) is 18.2 Å². The fourth-order valence-electron chi connectivity index (χ4n) is 2.24. The number of amides is 1. The van der Waals surface area contributed by atoms with Gasteiger partial charge >= 0.3 is 6.09 Å². The zero-order valence-electron chi connectivity index (χ0n) is 11.3. The number of piperidine rings is 1. The van der Waals surface area contributed by atoms with Crippen LogP contribution in [0.3, 0.4) is 0 Å². The lowest BCUT2D eigenvalue weighted by Crippen LogP contribution is -2.45. The van der Waals surface area contributed by atoms with Gasteiger partial charge < -0.3 is 15.1 Å². The van der Waals surface area contributed by atoms with Gasteiger partial charge in [0.15, 0.2) is 0 Å². The molecule has 5 nitrogen and oxygen atoms in total. The van der Waals surface area contributed by atoms with Crippen molar-refractivity contribution in [3.05, 3.63) is 41.2 Å². The Morgan fingerprint density at radius 2 is 2.10 bits per heavy atom. The number of carboxylic acid groups (broad SMARTS) is 1. The van der Waals surface area contributed by atoms with Crippen molar-refractivity contribution in [1.29, 1.82) is 5.26 Å². The third-order valence-electron chi connectivity index (χ3n) is 3.60. The highest BCUT2D eigenvalue weighted by atomic mass is 19.1. The third-order valence-corrected chi connectivity index (χ3v) is 3.60. The summed E-state index contributed by atoms with van der Waals surface area (Å²) in [5, 5.41) is 28.0. The van der Waals surface area contributed by atoms with Gasteiger partial charge in [-0.2, -0.15) is 5.26 Å². The summed E-state index contributed by atoms with van der Waals surface area (Å²) in [6.45, 7) is 0.534. The molecule has 0 spiro atoms. The lowest BCUT2D eigenvalue weighted by Gasteiger charge is -2.34. The minimum absolute atomic E-state index is 0.0511. The second-order valence-electron chi connectivity index (χ2n) is 5.06. The van der Waals surface area contributed by atoms with Crippen molar-refractivity contribution >= 4 is 12.2 Å². The van der Waals surface area contributed by atoms with E-state index in [1.807, 2.05) is 0 Å². The standard InChI is InChI=1S/C15H15FN2O3/c16-13-2-1-11(9-12(13)10-17)3-4-15(21)5-7-18(8-6-15)14(19)20/h1-4,9,21H,5-8H2,(H,19,20)/b4-3+. The van der Waals surface area contributed by atoms with Crippen LogP contribution in [0.5, 0.6) is 0 Å². The van der Waals surface area contributed by atoms with E-state index in [2.05, 4.69) is 0 Å². The van der Waals surface area contributed by atoms with Crippen molar-refractivity contribution in [1.82, 2.24) is 4.90 Å². The van der Waals surface area contributed by atoms with Crippen molar-refractivity contribution in [2.75, 3.05) is 13.1 Å². The summed E-state index contributed by atoms with van der Waals surface area (Å²) in [4.78, 5) is 12.1. The van der Waals surface area contributed by atoms with Crippen molar-refractivity contribution < 1.29 is 19.4 Å². The fraction of sp³-hybridized carbons (Fsp3) is 0.333. The highest BCUT2D eigenvalue weighted by molar-refractivity contribution is 5.65. The molecule has 1 saturated heterocycles.